The van der Waals surface area contributed by atoms with Gasteiger partial charge in [-0.15, -0.1) is 11.3 Å². The van der Waals surface area contributed by atoms with Gasteiger partial charge in [-0.3, -0.25) is 9.48 Å². The standard InChI is InChI=1S/C27H29ClN4O4S2/c1-27(12-5-13-30-27)26(33)29-15-18-6-3-7-19(14-18)16-32-21-8-4-9-22(36-2)25(21)20(31-32)17-38(34,35)24-11-10-23(28)37-24/h3-4,6-11,14,30H,5,12-13,15-17H2,1-2H3,(H,29,33)/t27-/m1/s1. The van der Waals surface area contributed by atoms with Gasteiger partial charge < -0.3 is 15.4 Å². The third-order valence-corrected chi connectivity index (χ3v) is 10.3. The summed E-state index contributed by atoms with van der Waals surface area (Å²) in [5, 5.41) is 11.7. The minimum atomic E-state index is -3.65. The number of carbonyl (C=O) groups excluding carboxylic acids is 1. The highest BCUT2D eigenvalue weighted by molar-refractivity contribution is 7.92. The second-order valence-electron chi connectivity index (χ2n) is 9.64. The van der Waals surface area contributed by atoms with Crippen LogP contribution in [0.15, 0.2) is 58.8 Å². The molecule has 2 aromatic carbocycles. The summed E-state index contributed by atoms with van der Waals surface area (Å²) in [6.45, 7) is 3.64. The van der Waals surface area contributed by atoms with Crippen LogP contribution in [0.1, 0.15) is 36.6 Å². The molecule has 0 bridgehead atoms. The summed E-state index contributed by atoms with van der Waals surface area (Å²) in [5.41, 5.74) is 2.63. The van der Waals surface area contributed by atoms with Crippen molar-refractivity contribution in [2.75, 3.05) is 13.7 Å². The van der Waals surface area contributed by atoms with Crippen LogP contribution in [0.5, 0.6) is 5.75 Å². The van der Waals surface area contributed by atoms with E-state index in [0.29, 0.717) is 34.3 Å². The molecule has 8 nitrogen and oxygen atoms in total. The minimum absolute atomic E-state index is 0.00319. The van der Waals surface area contributed by atoms with Crippen LogP contribution in [0.2, 0.25) is 4.34 Å². The number of methoxy groups -OCH3 is 1. The molecule has 1 fully saturated rings. The van der Waals surface area contributed by atoms with Crippen LogP contribution >= 0.6 is 22.9 Å². The first kappa shape index (κ1) is 26.7. The van der Waals surface area contributed by atoms with Gasteiger partial charge in [0.25, 0.3) is 0 Å². The molecule has 0 radical (unpaired) electrons. The first-order valence-corrected chi connectivity index (χ1v) is 15.1. The number of nitrogens with zero attached hydrogens (tertiary/aromatic N) is 2. The minimum Gasteiger partial charge on any atom is -0.496 e. The second-order valence-corrected chi connectivity index (χ2v) is 13.6. The van der Waals surface area contributed by atoms with Crippen molar-refractivity contribution in [3.05, 3.63) is 75.8 Å². The molecule has 11 heteroatoms. The van der Waals surface area contributed by atoms with Crippen molar-refractivity contribution < 1.29 is 17.9 Å². The van der Waals surface area contributed by atoms with Crippen LogP contribution < -0.4 is 15.4 Å². The van der Waals surface area contributed by atoms with Crippen LogP contribution in [0.4, 0.5) is 0 Å². The van der Waals surface area contributed by atoms with Gasteiger partial charge >= 0.3 is 0 Å². The fourth-order valence-corrected chi connectivity index (χ4v) is 7.71. The van der Waals surface area contributed by atoms with Crippen molar-refractivity contribution in [3.8, 4) is 5.75 Å². The second kappa shape index (κ2) is 10.7. The number of halogens is 1. The number of carbonyl (C=O) groups is 1. The predicted molar refractivity (Wildman–Crippen MR) is 150 cm³/mol. The number of hydrogen-bond donors (Lipinski definition) is 2. The predicted octanol–water partition coefficient (Wildman–Crippen LogP) is 4.54. The van der Waals surface area contributed by atoms with Gasteiger partial charge in [0.05, 0.1) is 40.1 Å². The van der Waals surface area contributed by atoms with E-state index in [4.69, 9.17) is 21.4 Å². The lowest BCUT2D eigenvalue weighted by Gasteiger charge is -2.23. The average Bonchev–Trinajstić information content (AvgIpc) is 3.63. The molecule has 5 rings (SSSR count). The zero-order valence-electron chi connectivity index (χ0n) is 21.2. The summed E-state index contributed by atoms with van der Waals surface area (Å²) in [5.74, 6) is 0.296. The number of ether oxygens (including phenoxy) is 1. The summed E-state index contributed by atoms with van der Waals surface area (Å²) in [6, 6.07) is 16.6. The van der Waals surface area contributed by atoms with Crippen molar-refractivity contribution in [3.63, 3.8) is 0 Å². The number of fused-ring (bicyclic) bond motifs is 1. The van der Waals surface area contributed by atoms with Gasteiger partial charge in [0, 0.05) is 6.54 Å². The Labute approximate surface area is 230 Å². The Kier molecular flexibility index (Phi) is 7.50. The molecule has 1 amide bonds. The first-order valence-electron chi connectivity index (χ1n) is 12.3. The van der Waals surface area contributed by atoms with Crippen molar-refractivity contribution >= 4 is 49.6 Å². The van der Waals surface area contributed by atoms with Gasteiger partial charge in [-0.1, -0.05) is 41.9 Å². The van der Waals surface area contributed by atoms with Crippen LogP contribution in [0.25, 0.3) is 10.9 Å². The number of benzene rings is 2. The summed E-state index contributed by atoms with van der Waals surface area (Å²) in [7, 11) is -2.09. The molecule has 0 unspecified atom stereocenters. The Morgan fingerprint density at radius 3 is 2.71 bits per heavy atom. The highest BCUT2D eigenvalue weighted by atomic mass is 35.5. The fourth-order valence-electron chi connectivity index (χ4n) is 4.86. The molecule has 3 heterocycles. The zero-order chi connectivity index (χ0) is 26.9. The van der Waals surface area contributed by atoms with Gasteiger partial charge in [0.15, 0.2) is 9.84 Å². The summed E-state index contributed by atoms with van der Waals surface area (Å²) >= 11 is 7.02. The quantitative estimate of drug-likeness (QED) is 0.305. The fraction of sp³-hybridized carbons (Fsp3) is 0.333. The third-order valence-electron chi connectivity index (χ3n) is 6.86. The Morgan fingerprint density at radius 2 is 2.00 bits per heavy atom. The Morgan fingerprint density at radius 1 is 1.21 bits per heavy atom. The van der Waals surface area contributed by atoms with E-state index in [9.17, 15) is 13.2 Å². The maximum atomic E-state index is 13.1. The summed E-state index contributed by atoms with van der Waals surface area (Å²) < 4.78 is 34.3. The number of aromatic nitrogens is 2. The molecule has 1 atom stereocenters. The number of hydrogen-bond acceptors (Lipinski definition) is 7. The summed E-state index contributed by atoms with van der Waals surface area (Å²) in [4.78, 5) is 12.7. The van der Waals surface area contributed by atoms with Crippen molar-refractivity contribution in [2.24, 2.45) is 0 Å². The molecule has 1 aliphatic rings. The molecule has 2 N–H and O–H groups in total. The maximum absolute atomic E-state index is 13.1. The molecule has 0 aliphatic carbocycles. The molecule has 200 valence electrons. The van der Waals surface area contributed by atoms with Gasteiger partial charge in [-0.25, -0.2) is 8.42 Å². The molecule has 1 saturated heterocycles. The largest absolute Gasteiger partial charge is 0.496 e. The Bertz CT molecular complexity index is 1590. The molecular formula is C27H29ClN4O4S2. The lowest BCUT2D eigenvalue weighted by molar-refractivity contribution is -0.126. The van der Waals surface area contributed by atoms with E-state index in [-0.39, 0.29) is 15.9 Å². The lowest BCUT2D eigenvalue weighted by Crippen LogP contribution is -2.50. The van der Waals surface area contributed by atoms with Crippen LogP contribution in [0, 0.1) is 0 Å². The molecular weight excluding hydrogens is 544 g/mol. The van der Waals surface area contributed by atoms with E-state index in [0.717, 1.165) is 47.4 Å². The van der Waals surface area contributed by atoms with Gasteiger partial charge in [0.1, 0.15) is 15.7 Å². The van der Waals surface area contributed by atoms with E-state index in [1.54, 1.807) is 23.9 Å². The number of rotatable bonds is 9. The molecule has 0 saturated carbocycles. The van der Waals surface area contributed by atoms with Crippen LogP contribution in [-0.4, -0.2) is 43.3 Å². The van der Waals surface area contributed by atoms with Gasteiger partial charge in [-0.2, -0.15) is 5.10 Å². The van der Waals surface area contributed by atoms with Crippen LogP contribution in [-0.2, 0) is 33.5 Å². The molecule has 0 spiro atoms. The van der Waals surface area contributed by atoms with E-state index in [1.807, 2.05) is 43.3 Å². The highest BCUT2D eigenvalue weighted by Gasteiger charge is 2.35. The average molecular weight is 573 g/mol. The molecule has 38 heavy (non-hydrogen) atoms. The Hall–Kier alpha value is -2.92. The SMILES string of the molecule is COc1cccc2c1c(CS(=O)(=O)c1ccc(Cl)s1)nn2Cc1cccc(CNC(=O)[C@@]2(C)CCCN2)c1. The smallest absolute Gasteiger partial charge is 0.240 e. The maximum Gasteiger partial charge on any atom is 0.240 e. The monoisotopic (exact) mass is 572 g/mol. The van der Waals surface area contributed by atoms with Gasteiger partial charge in [-0.05, 0) is 61.7 Å². The summed E-state index contributed by atoms with van der Waals surface area (Å²) in [6.07, 6.45) is 1.82. The lowest BCUT2D eigenvalue weighted by atomic mass is 9.99. The number of amides is 1. The van der Waals surface area contributed by atoms with Gasteiger partial charge in [0.2, 0.25) is 5.91 Å². The molecule has 4 aromatic rings. The van der Waals surface area contributed by atoms with E-state index in [1.165, 1.54) is 6.07 Å². The van der Waals surface area contributed by atoms with E-state index in [2.05, 4.69) is 10.6 Å². The highest BCUT2D eigenvalue weighted by Crippen LogP contribution is 2.33. The normalized spacial score (nSPS) is 17.7. The van der Waals surface area contributed by atoms with Crippen molar-refractivity contribution in [1.82, 2.24) is 20.4 Å². The number of nitrogens with one attached hydrogen (secondary N) is 2. The first-order chi connectivity index (χ1) is 18.2. The number of sulfone groups is 1. The van der Waals surface area contributed by atoms with Crippen molar-refractivity contribution in [2.45, 2.75) is 48.4 Å². The topological polar surface area (TPSA) is 102 Å². The van der Waals surface area contributed by atoms with Crippen LogP contribution in [0.3, 0.4) is 0 Å². The number of thiophene rings is 1. The van der Waals surface area contributed by atoms with Crippen molar-refractivity contribution in [1.29, 1.82) is 0 Å². The molecule has 2 aromatic heterocycles. The zero-order valence-corrected chi connectivity index (χ0v) is 23.5. The van der Waals surface area contributed by atoms with E-state index >= 15 is 0 Å². The Balaban J connectivity index is 1.41. The molecule has 1 aliphatic heterocycles. The third kappa shape index (κ3) is 5.44. The van der Waals surface area contributed by atoms with E-state index < -0.39 is 15.4 Å².